The summed E-state index contributed by atoms with van der Waals surface area (Å²) in [7, 11) is 0. The van der Waals surface area contributed by atoms with Gasteiger partial charge in [0.25, 0.3) is 0 Å². The van der Waals surface area contributed by atoms with Crippen LogP contribution in [0.4, 0.5) is 0 Å². The first-order valence-electron chi connectivity index (χ1n) is 12.3. The highest BCUT2D eigenvalue weighted by Gasteiger charge is 2.20. The maximum Gasteiger partial charge on any atom is 0.148 e. The maximum atomic E-state index is 5.44. The minimum absolute atomic E-state index is 0.971. The molecule has 36 heavy (non-hydrogen) atoms. The predicted octanol–water partition coefficient (Wildman–Crippen LogP) is 8.43. The van der Waals surface area contributed by atoms with E-state index < -0.39 is 0 Å². The number of para-hydroxylation sites is 3. The van der Waals surface area contributed by atoms with Crippen LogP contribution in [0.2, 0.25) is 0 Å². The van der Waals surface area contributed by atoms with E-state index in [1.165, 1.54) is 43.4 Å². The lowest BCUT2D eigenvalue weighted by Crippen LogP contribution is -1.99. The molecular weight excluding hydrogens is 438 g/mol. The number of fused-ring (bicyclic) bond motifs is 7. The Morgan fingerprint density at radius 2 is 0.972 bits per heavy atom. The van der Waals surface area contributed by atoms with Crippen molar-refractivity contribution in [2.75, 3.05) is 0 Å². The zero-order valence-electron chi connectivity index (χ0n) is 19.5. The fourth-order valence-electron chi connectivity index (χ4n) is 5.74. The molecule has 8 rings (SSSR count). The summed E-state index contributed by atoms with van der Waals surface area (Å²) in [6.07, 6.45) is 0. The summed E-state index contributed by atoms with van der Waals surface area (Å²) in [5.41, 5.74) is 6.54. The molecule has 0 amide bonds. The topological polar surface area (TPSA) is 22.8 Å². The van der Waals surface area contributed by atoms with Crippen LogP contribution in [0.15, 0.2) is 127 Å². The molecule has 0 fully saturated rings. The van der Waals surface area contributed by atoms with Crippen molar-refractivity contribution in [1.29, 1.82) is 0 Å². The molecule has 3 aromatic heterocycles. The van der Waals surface area contributed by atoms with Gasteiger partial charge < -0.3 is 0 Å². The summed E-state index contributed by atoms with van der Waals surface area (Å²) < 4.78 is 4.62. The first-order chi connectivity index (χ1) is 17.9. The largest absolute Gasteiger partial charge is 0.294 e. The van der Waals surface area contributed by atoms with Crippen molar-refractivity contribution in [1.82, 2.24) is 14.1 Å². The minimum Gasteiger partial charge on any atom is -0.294 e. The lowest BCUT2D eigenvalue weighted by molar-refractivity contribution is 1.11. The van der Waals surface area contributed by atoms with E-state index in [2.05, 4.69) is 137 Å². The molecule has 0 saturated heterocycles. The highest BCUT2D eigenvalue weighted by Crippen LogP contribution is 2.38. The van der Waals surface area contributed by atoms with Crippen LogP contribution in [0.1, 0.15) is 0 Å². The molecule has 0 atom stereocenters. The van der Waals surface area contributed by atoms with Crippen LogP contribution in [-0.4, -0.2) is 14.1 Å². The summed E-state index contributed by atoms with van der Waals surface area (Å²) in [5, 5.41) is 7.21. The van der Waals surface area contributed by atoms with Crippen LogP contribution < -0.4 is 0 Å². The Balaban J connectivity index is 1.59. The van der Waals surface area contributed by atoms with Crippen LogP contribution in [-0.2, 0) is 0 Å². The molecule has 0 saturated carbocycles. The van der Waals surface area contributed by atoms with E-state index in [1.54, 1.807) is 0 Å². The van der Waals surface area contributed by atoms with Crippen LogP contribution in [0.25, 0.3) is 66.0 Å². The number of pyridine rings is 1. The lowest BCUT2D eigenvalue weighted by atomic mass is 10.1. The molecule has 5 aromatic carbocycles. The van der Waals surface area contributed by atoms with Crippen molar-refractivity contribution in [2.45, 2.75) is 0 Å². The molecule has 0 aliphatic heterocycles. The molecule has 3 heteroatoms. The van der Waals surface area contributed by atoms with Crippen LogP contribution in [0.3, 0.4) is 0 Å². The van der Waals surface area contributed by atoms with Crippen LogP contribution >= 0.6 is 0 Å². The third-order valence-electron chi connectivity index (χ3n) is 7.30. The fourth-order valence-corrected chi connectivity index (χ4v) is 5.74. The van der Waals surface area contributed by atoms with E-state index in [9.17, 15) is 0 Å². The molecule has 0 N–H and O–H groups in total. The van der Waals surface area contributed by atoms with Gasteiger partial charge in [-0.3, -0.25) is 9.13 Å². The van der Waals surface area contributed by atoms with Gasteiger partial charge in [0, 0.05) is 32.6 Å². The Kier molecular flexibility index (Phi) is 3.94. The summed E-state index contributed by atoms with van der Waals surface area (Å²) >= 11 is 0. The summed E-state index contributed by atoms with van der Waals surface area (Å²) in [5.74, 6) is 0. The minimum atomic E-state index is 0.971. The number of benzene rings is 5. The average molecular weight is 460 g/mol. The van der Waals surface area contributed by atoms with Gasteiger partial charge in [-0.25, -0.2) is 4.98 Å². The van der Waals surface area contributed by atoms with Gasteiger partial charge in [0.05, 0.1) is 16.7 Å². The van der Waals surface area contributed by atoms with Crippen molar-refractivity contribution in [2.24, 2.45) is 0 Å². The summed E-state index contributed by atoms with van der Waals surface area (Å²) in [6.45, 7) is 0. The fraction of sp³-hybridized carbons (Fsp3) is 0. The van der Waals surface area contributed by atoms with Gasteiger partial charge in [-0.2, -0.15) is 0 Å². The smallest absolute Gasteiger partial charge is 0.148 e. The normalized spacial score (nSPS) is 11.9. The highest BCUT2D eigenvalue weighted by atomic mass is 15.1. The average Bonchev–Trinajstić information content (AvgIpc) is 3.44. The first-order valence-corrected chi connectivity index (χ1v) is 12.3. The van der Waals surface area contributed by atoms with Gasteiger partial charge in [-0.05, 0) is 41.8 Å². The Bertz CT molecular complexity index is 2090. The van der Waals surface area contributed by atoms with E-state index in [4.69, 9.17) is 4.98 Å². The van der Waals surface area contributed by atoms with Crippen molar-refractivity contribution < 1.29 is 0 Å². The highest BCUT2D eigenvalue weighted by molar-refractivity contribution is 6.17. The molecule has 0 unspecified atom stereocenters. The Morgan fingerprint density at radius 1 is 0.417 bits per heavy atom. The number of nitrogens with zero attached hydrogens (tertiary/aromatic N) is 3. The molecule has 8 aromatic rings. The van der Waals surface area contributed by atoms with Crippen LogP contribution in [0, 0.1) is 0 Å². The molecule has 0 aliphatic carbocycles. The maximum absolute atomic E-state index is 5.44. The lowest BCUT2D eigenvalue weighted by Gasteiger charge is -2.11. The Morgan fingerprint density at radius 3 is 1.72 bits per heavy atom. The number of rotatable bonds is 2. The molecule has 168 valence electrons. The van der Waals surface area contributed by atoms with E-state index in [-0.39, 0.29) is 0 Å². The van der Waals surface area contributed by atoms with E-state index in [0.717, 1.165) is 22.7 Å². The van der Waals surface area contributed by atoms with Gasteiger partial charge in [0.15, 0.2) is 0 Å². The second kappa shape index (κ2) is 7.30. The van der Waals surface area contributed by atoms with Gasteiger partial charge in [-0.15, -0.1) is 0 Å². The van der Waals surface area contributed by atoms with Crippen molar-refractivity contribution in [3.05, 3.63) is 127 Å². The zero-order chi connectivity index (χ0) is 23.6. The number of aromatic nitrogens is 3. The number of hydrogen-bond acceptors (Lipinski definition) is 1. The molecule has 3 nitrogen and oxygen atoms in total. The second-order valence-electron chi connectivity index (χ2n) is 9.27. The monoisotopic (exact) mass is 459 g/mol. The summed E-state index contributed by atoms with van der Waals surface area (Å²) in [6, 6.07) is 45.2. The SMILES string of the molecule is c1ccc(-n2c3ccccc3c3cc4c5ccccc5n(-c5cccc6ccccc56)c4nc32)cc1. The summed E-state index contributed by atoms with van der Waals surface area (Å²) in [4.78, 5) is 5.44. The van der Waals surface area contributed by atoms with Gasteiger partial charge in [0.1, 0.15) is 11.3 Å². The second-order valence-corrected chi connectivity index (χ2v) is 9.27. The van der Waals surface area contributed by atoms with Crippen molar-refractivity contribution in [3.63, 3.8) is 0 Å². The third-order valence-corrected chi connectivity index (χ3v) is 7.30. The van der Waals surface area contributed by atoms with E-state index >= 15 is 0 Å². The van der Waals surface area contributed by atoms with Crippen molar-refractivity contribution >= 4 is 54.6 Å². The number of hydrogen-bond donors (Lipinski definition) is 0. The van der Waals surface area contributed by atoms with Crippen molar-refractivity contribution in [3.8, 4) is 11.4 Å². The zero-order valence-corrected chi connectivity index (χ0v) is 19.5. The Labute approximate surface area is 207 Å². The Hall–Kier alpha value is -4.89. The van der Waals surface area contributed by atoms with Gasteiger partial charge in [0.2, 0.25) is 0 Å². The third kappa shape index (κ3) is 2.60. The molecule has 0 aliphatic rings. The predicted molar refractivity (Wildman–Crippen MR) is 150 cm³/mol. The molecule has 0 bridgehead atoms. The van der Waals surface area contributed by atoms with Gasteiger partial charge >= 0.3 is 0 Å². The first kappa shape index (κ1) is 19.4. The standard InChI is InChI=1S/C33H21N3/c1-2-13-23(14-3-1)35-30-18-8-6-16-25(30)27-21-28-26-17-7-9-19-31(26)36(33(28)34-32(27)35)29-20-10-12-22-11-4-5-15-24(22)29/h1-21H. The molecule has 3 heterocycles. The van der Waals surface area contributed by atoms with E-state index in [0.29, 0.717) is 0 Å². The molecular formula is C33H21N3. The van der Waals surface area contributed by atoms with Gasteiger partial charge in [-0.1, -0.05) is 91.0 Å². The van der Waals surface area contributed by atoms with Crippen LogP contribution in [0.5, 0.6) is 0 Å². The van der Waals surface area contributed by atoms with E-state index in [1.807, 2.05) is 0 Å². The quantitative estimate of drug-likeness (QED) is 0.254. The molecule has 0 spiro atoms. The molecule has 0 radical (unpaired) electrons.